The van der Waals surface area contributed by atoms with Gasteiger partial charge in [-0.05, 0) is 51.9 Å². The monoisotopic (exact) mass is 296 g/mol. The van der Waals surface area contributed by atoms with Crippen LogP contribution >= 0.6 is 0 Å². The van der Waals surface area contributed by atoms with Crippen LogP contribution in [0, 0.1) is 5.41 Å². The summed E-state index contributed by atoms with van der Waals surface area (Å²) < 4.78 is 5.44. The van der Waals surface area contributed by atoms with Crippen molar-refractivity contribution in [3.63, 3.8) is 0 Å². The first-order valence-electron chi connectivity index (χ1n) is 7.94. The molecule has 2 rings (SSSR count). The van der Waals surface area contributed by atoms with Crippen molar-refractivity contribution in [2.75, 3.05) is 26.2 Å². The second-order valence-corrected chi connectivity index (χ2v) is 7.47. The number of hydrogen-bond acceptors (Lipinski definition) is 3. The zero-order chi connectivity index (χ0) is 15.7. The third kappa shape index (κ3) is 4.11. The number of piperidine rings is 2. The molecule has 0 N–H and O–H groups in total. The summed E-state index contributed by atoms with van der Waals surface area (Å²) in [6.45, 7) is 10.6. The van der Waals surface area contributed by atoms with Gasteiger partial charge >= 0.3 is 6.09 Å². The van der Waals surface area contributed by atoms with Gasteiger partial charge in [-0.25, -0.2) is 4.79 Å². The number of hydrogen-bond donors (Lipinski definition) is 0. The number of ether oxygens (including phenoxy) is 1. The van der Waals surface area contributed by atoms with Crippen LogP contribution in [0.15, 0.2) is 0 Å². The standard InChI is InChI=1S/C16H28N2O3/c1-13(19)17-9-5-16(6-10-17)7-11-18(12-8-16)14(20)21-15(2,3)4/h5-12H2,1-4H3. The van der Waals surface area contributed by atoms with Crippen LogP contribution in [0.2, 0.25) is 0 Å². The van der Waals surface area contributed by atoms with Gasteiger partial charge in [0.2, 0.25) is 5.91 Å². The van der Waals surface area contributed by atoms with Crippen LogP contribution in [0.25, 0.3) is 0 Å². The molecule has 0 bridgehead atoms. The van der Waals surface area contributed by atoms with Crippen molar-refractivity contribution >= 4 is 12.0 Å². The molecule has 0 atom stereocenters. The molecular weight excluding hydrogens is 268 g/mol. The lowest BCUT2D eigenvalue weighted by atomic mass is 9.71. The third-order valence-electron chi connectivity index (χ3n) is 4.75. The first-order chi connectivity index (χ1) is 9.71. The van der Waals surface area contributed by atoms with E-state index in [0.717, 1.165) is 51.9 Å². The van der Waals surface area contributed by atoms with Crippen molar-refractivity contribution in [3.05, 3.63) is 0 Å². The summed E-state index contributed by atoms with van der Waals surface area (Å²) in [7, 11) is 0. The Hall–Kier alpha value is -1.26. The van der Waals surface area contributed by atoms with Crippen molar-refractivity contribution in [1.29, 1.82) is 0 Å². The van der Waals surface area contributed by atoms with E-state index in [-0.39, 0.29) is 12.0 Å². The zero-order valence-corrected chi connectivity index (χ0v) is 13.8. The molecule has 2 saturated heterocycles. The van der Waals surface area contributed by atoms with Crippen LogP contribution in [0.3, 0.4) is 0 Å². The van der Waals surface area contributed by atoms with Gasteiger partial charge in [0, 0.05) is 33.1 Å². The number of carbonyl (C=O) groups is 2. The van der Waals surface area contributed by atoms with Gasteiger partial charge in [0.15, 0.2) is 0 Å². The molecular formula is C16H28N2O3. The zero-order valence-electron chi connectivity index (χ0n) is 13.8. The third-order valence-corrected chi connectivity index (χ3v) is 4.75. The maximum Gasteiger partial charge on any atom is 0.410 e. The molecule has 0 radical (unpaired) electrons. The fraction of sp³-hybridized carbons (Fsp3) is 0.875. The minimum Gasteiger partial charge on any atom is -0.444 e. The molecule has 0 saturated carbocycles. The van der Waals surface area contributed by atoms with Crippen molar-refractivity contribution in [1.82, 2.24) is 9.80 Å². The van der Waals surface area contributed by atoms with Gasteiger partial charge < -0.3 is 14.5 Å². The highest BCUT2D eigenvalue weighted by molar-refractivity contribution is 5.73. The molecule has 120 valence electrons. The van der Waals surface area contributed by atoms with Gasteiger partial charge in [-0.3, -0.25) is 4.79 Å². The molecule has 1 spiro atoms. The molecule has 5 nitrogen and oxygen atoms in total. The Morgan fingerprint density at radius 1 is 0.905 bits per heavy atom. The maximum absolute atomic E-state index is 12.1. The number of amides is 2. The number of nitrogens with zero attached hydrogens (tertiary/aromatic N) is 2. The van der Waals surface area contributed by atoms with E-state index in [1.807, 2.05) is 30.6 Å². The Morgan fingerprint density at radius 3 is 1.71 bits per heavy atom. The second-order valence-electron chi connectivity index (χ2n) is 7.47. The molecule has 0 aromatic rings. The summed E-state index contributed by atoms with van der Waals surface area (Å²) in [6.07, 6.45) is 3.98. The molecule has 2 heterocycles. The molecule has 0 aromatic heterocycles. The number of carbonyl (C=O) groups excluding carboxylic acids is 2. The van der Waals surface area contributed by atoms with Crippen LogP contribution in [-0.2, 0) is 9.53 Å². The van der Waals surface area contributed by atoms with E-state index in [2.05, 4.69) is 0 Å². The lowest BCUT2D eigenvalue weighted by molar-refractivity contribution is -0.131. The van der Waals surface area contributed by atoms with Crippen LogP contribution < -0.4 is 0 Å². The predicted octanol–water partition coefficient (Wildman–Crippen LogP) is 2.65. The van der Waals surface area contributed by atoms with Gasteiger partial charge in [0.1, 0.15) is 5.60 Å². The largest absolute Gasteiger partial charge is 0.444 e. The molecule has 5 heteroatoms. The fourth-order valence-corrected chi connectivity index (χ4v) is 3.29. The van der Waals surface area contributed by atoms with Crippen LogP contribution in [0.4, 0.5) is 4.79 Å². The van der Waals surface area contributed by atoms with Crippen molar-refractivity contribution in [2.24, 2.45) is 5.41 Å². The maximum atomic E-state index is 12.1. The average molecular weight is 296 g/mol. The Labute approximate surface area is 127 Å². The fourth-order valence-electron chi connectivity index (χ4n) is 3.29. The highest BCUT2D eigenvalue weighted by atomic mass is 16.6. The Kier molecular flexibility index (Phi) is 4.49. The van der Waals surface area contributed by atoms with Crippen molar-refractivity contribution in [3.8, 4) is 0 Å². The first kappa shape index (κ1) is 16.1. The smallest absolute Gasteiger partial charge is 0.410 e. The topological polar surface area (TPSA) is 49.9 Å². The van der Waals surface area contributed by atoms with E-state index < -0.39 is 5.60 Å². The predicted molar refractivity (Wildman–Crippen MR) is 81.0 cm³/mol. The minimum atomic E-state index is -0.432. The molecule has 2 aliphatic rings. The Balaban J connectivity index is 1.84. The number of likely N-dealkylation sites (tertiary alicyclic amines) is 2. The highest BCUT2D eigenvalue weighted by Gasteiger charge is 2.39. The van der Waals surface area contributed by atoms with E-state index >= 15 is 0 Å². The molecule has 0 unspecified atom stereocenters. The molecule has 0 aliphatic carbocycles. The second kappa shape index (κ2) is 5.85. The SMILES string of the molecule is CC(=O)N1CCC2(CC1)CCN(C(=O)OC(C)(C)C)CC2. The lowest BCUT2D eigenvalue weighted by Crippen LogP contribution is -2.49. The first-order valence-corrected chi connectivity index (χ1v) is 7.94. The Morgan fingerprint density at radius 2 is 1.33 bits per heavy atom. The van der Waals surface area contributed by atoms with Crippen molar-refractivity contribution in [2.45, 2.75) is 59.0 Å². The summed E-state index contributed by atoms with van der Waals surface area (Å²) in [4.78, 5) is 27.2. The Bertz CT molecular complexity index is 396. The molecule has 2 aliphatic heterocycles. The summed E-state index contributed by atoms with van der Waals surface area (Å²) in [5.41, 5.74) is -0.108. The van der Waals surface area contributed by atoms with Gasteiger partial charge in [0.25, 0.3) is 0 Å². The van der Waals surface area contributed by atoms with E-state index in [1.54, 1.807) is 6.92 Å². The van der Waals surface area contributed by atoms with Crippen molar-refractivity contribution < 1.29 is 14.3 Å². The van der Waals surface area contributed by atoms with Gasteiger partial charge in [-0.2, -0.15) is 0 Å². The minimum absolute atomic E-state index is 0.177. The summed E-state index contributed by atoms with van der Waals surface area (Å²) in [6, 6.07) is 0. The van der Waals surface area contributed by atoms with Crippen LogP contribution in [0.5, 0.6) is 0 Å². The lowest BCUT2D eigenvalue weighted by Gasteiger charge is -2.46. The quantitative estimate of drug-likeness (QED) is 0.690. The van der Waals surface area contributed by atoms with Gasteiger partial charge in [0.05, 0.1) is 0 Å². The van der Waals surface area contributed by atoms with Crippen LogP contribution in [0.1, 0.15) is 53.4 Å². The molecule has 2 amide bonds. The van der Waals surface area contributed by atoms with E-state index in [4.69, 9.17) is 4.74 Å². The van der Waals surface area contributed by atoms with Crippen LogP contribution in [-0.4, -0.2) is 53.6 Å². The summed E-state index contributed by atoms with van der Waals surface area (Å²) >= 11 is 0. The molecule has 2 fully saturated rings. The van der Waals surface area contributed by atoms with Gasteiger partial charge in [-0.1, -0.05) is 0 Å². The van der Waals surface area contributed by atoms with Gasteiger partial charge in [-0.15, -0.1) is 0 Å². The highest BCUT2D eigenvalue weighted by Crippen LogP contribution is 2.41. The molecule has 0 aromatic carbocycles. The number of rotatable bonds is 0. The average Bonchev–Trinajstić information content (AvgIpc) is 2.38. The normalized spacial score (nSPS) is 22.3. The van der Waals surface area contributed by atoms with E-state index in [0.29, 0.717) is 5.41 Å². The summed E-state index contributed by atoms with van der Waals surface area (Å²) in [5.74, 6) is 0.177. The summed E-state index contributed by atoms with van der Waals surface area (Å²) in [5, 5.41) is 0. The van der Waals surface area contributed by atoms with E-state index in [1.165, 1.54) is 0 Å². The van der Waals surface area contributed by atoms with E-state index in [9.17, 15) is 9.59 Å². The molecule has 21 heavy (non-hydrogen) atoms.